The van der Waals surface area contributed by atoms with E-state index in [4.69, 9.17) is 9.47 Å². The summed E-state index contributed by atoms with van der Waals surface area (Å²) < 4.78 is 24.0. The maximum Gasteiger partial charge on any atom is 0.273 e. The molecular formula is C16H15FN2O5. The van der Waals surface area contributed by atoms with Crippen LogP contribution in [0.15, 0.2) is 36.4 Å². The first-order valence-corrected chi connectivity index (χ1v) is 6.92. The van der Waals surface area contributed by atoms with Gasteiger partial charge in [-0.15, -0.1) is 0 Å². The molecule has 0 aliphatic heterocycles. The van der Waals surface area contributed by atoms with E-state index in [0.29, 0.717) is 0 Å². The number of ether oxygens (including phenoxy) is 2. The predicted octanol–water partition coefficient (Wildman–Crippen LogP) is 3.07. The topological polar surface area (TPSA) is 90.7 Å². The number of anilines is 1. The largest absolute Gasteiger partial charge is 0.493 e. The second kappa shape index (κ2) is 7.40. The molecule has 2 rings (SSSR count). The number of nitrogens with one attached hydrogen (secondary N) is 1. The lowest BCUT2D eigenvalue weighted by Crippen LogP contribution is -2.21. The molecule has 0 aliphatic rings. The fourth-order valence-electron chi connectivity index (χ4n) is 1.94. The second-order valence-electron chi connectivity index (χ2n) is 4.91. The van der Waals surface area contributed by atoms with E-state index in [-0.39, 0.29) is 22.9 Å². The molecule has 1 amide bonds. The molecule has 8 heteroatoms. The van der Waals surface area contributed by atoms with E-state index in [1.54, 1.807) is 13.0 Å². The molecule has 24 heavy (non-hydrogen) atoms. The molecule has 0 atom stereocenters. The van der Waals surface area contributed by atoms with Gasteiger partial charge in [0.15, 0.2) is 18.1 Å². The number of carbonyl (C=O) groups excluding carboxylic acids is 1. The zero-order valence-corrected chi connectivity index (χ0v) is 13.0. The summed E-state index contributed by atoms with van der Waals surface area (Å²) >= 11 is 0. The monoisotopic (exact) mass is 334 g/mol. The van der Waals surface area contributed by atoms with Gasteiger partial charge in [-0.2, -0.15) is 0 Å². The quantitative estimate of drug-likeness (QED) is 0.647. The van der Waals surface area contributed by atoms with Crippen LogP contribution >= 0.6 is 0 Å². The minimum absolute atomic E-state index is 0.0280. The summed E-state index contributed by atoms with van der Waals surface area (Å²) in [5.74, 6) is -0.872. The second-order valence-corrected chi connectivity index (χ2v) is 4.91. The number of nitro groups is 1. The Balaban J connectivity index is 2.05. The summed E-state index contributed by atoms with van der Waals surface area (Å²) in [7, 11) is 1.37. The number of rotatable bonds is 6. The fourth-order valence-corrected chi connectivity index (χ4v) is 1.94. The molecule has 0 saturated carbocycles. The molecule has 2 aromatic carbocycles. The van der Waals surface area contributed by atoms with Crippen molar-refractivity contribution in [2.45, 2.75) is 6.92 Å². The summed E-state index contributed by atoms with van der Waals surface area (Å²) in [6.07, 6.45) is 0. The van der Waals surface area contributed by atoms with E-state index < -0.39 is 23.3 Å². The average Bonchev–Trinajstić information content (AvgIpc) is 2.55. The molecule has 7 nitrogen and oxygen atoms in total. The van der Waals surface area contributed by atoms with Gasteiger partial charge in [-0.05, 0) is 30.7 Å². The van der Waals surface area contributed by atoms with Crippen molar-refractivity contribution in [2.75, 3.05) is 19.0 Å². The Labute approximate surface area is 137 Å². The van der Waals surface area contributed by atoms with Crippen LogP contribution in [-0.4, -0.2) is 24.5 Å². The Bertz CT molecular complexity index is 779. The van der Waals surface area contributed by atoms with Crippen LogP contribution in [0.2, 0.25) is 0 Å². The van der Waals surface area contributed by atoms with Crippen LogP contribution in [-0.2, 0) is 4.79 Å². The standard InChI is InChI=1S/C16H15FN2O5/c1-10-3-5-13(12(17)7-10)18-16(20)9-24-15-8-11(19(21)22)4-6-14(15)23-2/h3-8H,9H2,1-2H3,(H,18,20). The van der Waals surface area contributed by atoms with Crippen molar-refractivity contribution in [3.8, 4) is 11.5 Å². The number of hydrogen-bond acceptors (Lipinski definition) is 5. The number of amides is 1. The Morgan fingerprint density at radius 1 is 1.25 bits per heavy atom. The van der Waals surface area contributed by atoms with Gasteiger partial charge in [0.25, 0.3) is 11.6 Å². The number of methoxy groups -OCH3 is 1. The summed E-state index contributed by atoms with van der Waals surface area (Å²) in [5.41, 5.74) is 0.555. The van der Waals surface area contributed by atoms with Crippen LogP contribution in [0, 0.1) is 22.9 Å². The van der Waals surface area contributed by atoms with Crippen LogP contribution in [0.3, 0.4) is 0 Å². The third-order valence-electron chi connectivity index (χ3n) is 3.12. The maximum atomic E-state index is 13.7. The predicted molar refractivity (Wildman–Crippen MR) is 84.9 cm³/mol. The van der Waals surface area contributed by atoms with Crippen LogP contribution in [0.4, 0.5) is 15.8 Å². The zero-order valence-electron chi connectivity index (χ0n) is 13.0. The SMILES string of the molecule is COc1ccc([N+](=O)[O-])cc1OCC(=O)Nc1ccc(C)cc1F. The van der Waals surface area contributed by atoms with Gasteiger partial charge in [0.2, 0.25) is 0 Å². The van der Waals surface area contributed by atoms with Crippen LogP contribution in [0.5, 0.6) is 11.5 Å². The minimum Gasteiger partial charge on any atom is -0.493 e. The number of nitrogens with zero attached hydrogens (tertiary/aromatic N) is 1. The van der Waals surface area contributed by atoms with E-state index in [2.05, 4.69) is 5.32 Å². The normalized spacial score (nSPS) is 10.1. The molecular weight excluding hydrogens is 319 g/mol. The van der Waals surface area contributed by atoms with Gasteiger partial charge in [-0.25, -0.2) is 4.39 Å². The van der Waals surface area contributed by atoms with E-state index in [1.165, 1.54) is 31.4 Å². The Morgan fingerprint density at radius 3 is 2.62 bits per heavy atom. The van der Waals surface area contributed by atoms with Crippen molar-refractivity contribution < 1.29 is 23.6 Å². The molecule has 0 fully saturated rings. The third-order valence-corrected chi connectivity index (χ3v) is 3.12. The highest BCUT2D eigenvalue weighted by Gasteiger charge is 2.14. The van der Waals surface area contributed by atoms with Gasteiger partial charge in [-0.1, -0.05) is 6.07 Å². The van der Waals surface area contributed by atoms with Crippen LogP contribution < -0.4 is 14.8 Å². The molecule has 0 aromatic heterocycles. The molecule has 0 bridgehead atoms. The number of nitro benzene ring substituents is 1. The molecule has 0 heterocycles. The molecule has 0 saturated heterocycles. The van der Waals surface area contributed by atoms with E-state index in [0.717, 1.165) is 11.6 Å². The van der Waals surface area contributed by atoms with Gasteiger partial charge in [0, 0.05) is 6.07 Å². The lowest BCUT2D eigenvalue weighted by Gasteiger charge is -2.11. The number of halogens is 1. The van der Waals surface area contributed by atoms with E-state index >= 15 is 0 Å². The van der Waals surface area contributed by atoms with Crippen molar-refractivity contribution in [1.29, 1.82) is 0 Å². The van der Waals surface area contributed by atoms with Crippen molar-refractivity contribution in [1.82, 2.24) is 0 Å². The maximum absolute atomic E-state index is 13.7. The summed E-state index contributed by atoms with van der Waals surface area (Å²) in [5, 5.41) is 13.2. The minimum atomic E-state index is -0.605. The smallest absolute Gasteiger partial charge is 0.273 e. The molecule has 2 aromatic rings. The Hall–Kier alpha value is -3.16. The van der Waals surface area contributed by atoms with Gasteiger partial charge < -0.3 is 14.8 Å². The number of hydrogen-bond donors (Lipinski definition) is 1. The zero-order chi connectivity index (χ0) is 17.7. The molecule has 0 aliphatic carbocycles. The molecule has 126 valence electrons. The van der Waals surface area contributed by atoms with Crippen molar-refractivity contribution in [3.05, 3.63) is 57.9 Å². The van der Waals surface area contributed by atoms with Crippen molar-refractivity contribution in [2.24, 2.45) is 0 Å². The third kappa shape index (κ3) is 4.19. The molecule has 1 N–H and O–H groups in total. The highest BCUT2D eigenvalue weighted by Crippen LogP contribution is 2.31. The number of carbonyl (C=O) groups is 1. The van der Waals surface area contributed by atoms with E-state index in [9.17, 15) is 19.3 Å². The van der Waals surface area contributed by atoms with Gasteiger partial charge in [-0.3, -0.25) is 14.9 Å². The molecule has 0 spiro atoms. The van der Waals surface area contributed by atoms with Crippen molar-refractivity contribution in [3.63, 3.8) is 0 Å². The highest BCUT2D eigenvalue weighted by molar-refractivity contribution is 5.92. The number of non-ortho nitro benzene ring substituents is 1. The first-order chi connectivity index (χ1) is 11.4. The highest BCUT2D eigenvalue weighted by atomic mass is 19.1. The summed E-state index contributed by atoms with van der Waals surface area (Å²) in [6.45, 7) is 1.28. The lowest BCUT2D eigenvalue weighted by atomic mass is 10.2. The molecule has 0 unspecified atom stereocenters. The van der Waals surface area contributed by atoms with Gasteiger partial charge in [0.1, 0.15) is 5.82 Å². The van der Waals surface area contributed by atoms with E-state index in [1.807, 2.05) is 0 Å². The van der Waals surface area contributed by atoms with Crippen LogP contribution in [0.1, 0.15) is 5.56 Å². The van der Waals surface area contributed by atoms with Crippen LogP contribution in [0.25, 0.3) is 0 Å². The average molecular weight is 334 g/mol. The number of aryl methyl sites for hydroxylation is 1. The van der Waals surface area contributed by atoms with Crippen molar-refractivity contribution >= 4 is 17.3 Å². The van der Waals surface area contributed by atoms with Gasteiger partial charge in [0.05, 0.1) is 23.8 Å². The first-order valence-electron chi connectivity index (χ1n) is 6.92. The van der Waals surface area contributed by atoms with Gasteiger partial charge >= 0.3 is 0 Å². The lowest BCUT2D eigenvalue weighted by molar-refractivity contribution is -0.385. The molecule has 0 radical (unpaired) electrons. The fraction of sp³-hybridized carbons (Fsp3) is 0.188. The summed E-state index contributed by atoms with van der Waals surface area (Å²) in [4.78, 5) is 22.1. The summed E-state index contributed by atoms with van der Waals surface area (Å²) in [6, 6.07) is 8.16. The number of benzene rings is 2. The Kier molecular flexibility index (Phi) is 5.31. The first kappa shape index (κ1) is 17.2. The Morgan fingerprint density at radius 2 is 2.00 bits per heavy atom.